The van der Waals surface area contributed by atoms with E-state index in [1.54, 1.807) is 23.6 Å². The SMILES string of the molecule is C[C@H](C(=O)N[C@H](C)c1cccc(F)c1)n1c(-c2cccs2)n[nH]c1=S. The van der Waals surface area contributed by atoms with Gasteiger partial charge in [0.05, 0.1) is 10.9 Å². The average Bonchev–Trinajstić information content (AvgIpc) is 3.23. The predicted octanol–water partition coefficient (Wildman–Crippen LogP) is 4.25. The van der Waals surface area contributed by atoms with Crippen molar-refractivity contribution in [2.24, 2.45) is 0 Å². The number of H-pyrrole nitrogens is 1. The van der Waals surface area contributed by atoms with E-state index in [9.17, 15) is 9.18 Å². The van der Waals surface area contributed by atoms with E-state index in [1.807, 2.05) is 24.4 Å². The first-order chi connectivity index (χ1) is 12.0. The Hall–Kier alpha value is -2.32. The number of aromatic nitrogens is 3. The molecule has 3 rings (SSSR count). The summed E-state index contributed by atoms with van der Waals surface area (Å²) < 4.78 is 15.4. The number of carbonyl (C=O) groups excluding carboxylic acids is 1. The fraction of sp³-hybridized carbons (Fsp3) is 0.235. The second-order valence-corrected chi connectivity index (χ2v) is 7.00. The fourth-order valence-corrected chi connectivity index (χ4v) is 3.55. The van der Waals surface area contributed by atoms with Crippen LogP contribution in [0, 0.1) is 10.6 Å². The summed E-state index contributed by atoms with van der Waals surface area (Å²) in [6.45, 7) is 3.57. The number of halogens is 1. The zero-order valence-corrected chi connectivity index (χ0v) is 15.3. The summed E-state index contributed by atoms with van der Waals surface area (Å²) >= 11 is 6.81. The maximum absolute atomic E-state index is 13.4. The summed E-state index contributed by atoms with van der Waals surface area (Å²) in [5.41, 5.74) is 0.704. The van der Waals surface area contributed by atoms with Gasteiger partial charge < -0.3 is 5.32 Å². The van der Waals surface area contributed by atoms with Crippen LogP contribution in [0.15, 0.2) is 41.8 Å². The van der Waals surface area contributed by atoms with Crippen LogP contribution in [-0.2, 0) is 4.79 Å². The Kier molecular flexibility index (Phi) is 5.10. The van der Waals surface area contributed by atoms with Gasteiger partial charge in [-0.3, -0.25) is 14.5 Å². The molecule has 2 N–H and O–H groups in total. The van der Waals surface area contributed by atoms with Crippen LogP contribution in [0.1, 0.15) is 31.5 Å². The molecule has 0 aliphatic carbocycles. The number of carbonyl (C=O) groups is 1. The van der Waals surface area contributed by atoms with Crippen LogP contribution in [0.3, 0.4) is 0 Å². The first-order valence-corrected chi connectivity index (χ1v) is 9.03. The summed E-state index contributed by atoms with van der Waals surface area (Å²) in [4.78, 5) is 13.6. The van der Waals surface area contributed by atoms with Crippen LogP contribution in [0.25, 0.3) is 10.7 Å². The Morgan fingerprint density at radius 3 is 2.84 bits per heavy atom. The minimum Gasteiger partial charge on any atom is -0.348 e. The second kappa shape index (κ2) is 7.28. The molecule has 0 aliphatic rings. The highest BCUT2D eigenvalue weighted by atomic mass is 32.1. The number of rotatable bonds is 5. The number of thiophene rings is 1. The fourth-order valence-electron chi connectivity index (χ4n) is 2.55. The highest BCUT2D eigenvalue weighted by Gasteiger charge is 2.22. The van der Waals surface area contributed by atoms with Crippen LogP contribution in [0.2, 0.25) is 0 Å². The molecule has 0 saturated heterocycles. The third kappa shape index (κ3) is 3.69. The monoisotopic (exact) mass is 376 g/mol. The Labute approximate surface area is 153 Å². The van der Waals surface area contributed by atoms with Gasteiger partial charge in [-0.25, -0.2) is 4.39 Å². The van der Waals surface area contributed by atoms with Crippen molar-refractivity contribution in [3.05, 3.63) is 57.9 Å². The van der Waals surface area contributed by atoms with Crippen molar-refractivity contribution in [2.45, 2.75) is 25.9 Å². The van der Waals surface area contributed by atoms with Crippen LogP contribution in [-0.4, -0.2) is 20.7 Å². The molecule has 8 heteroatoms. The number of aromatic amines is 1. The largest absolute Gasteiger partial charge is 0.348 e. The summed E-state index contributed by atoms with van der Waals surface area (Å²) in [7, 11) is 0. The maximum atomic E-state index is 13.4. The van der Waals surface area contributed by atoms with Gasteiger partial charge in [-0.15, -0.1) is 11.3 Å². The minimum atomic E-state index is -0.556. The van der Waals surface area contributed by atoms with Crippen LogP contribution in [0.4, 0.5) is 4.39 Å². The number of hydrogen-bond donors (Lipinski definition) is 2. The Morgan fingerprint density at radius 1 is 1.36 bits per heavy atom. The van der Waals surface area contributed by atoms with Gasteiger partial charge in [0, 0.05) is 0 Å². The van der Waals surface area contributed by atoms with E-state index in [0.717, 1.165) is 4.88 Å². The van der Waals surface area contributed by atoms with Gasteiger partial charge in [-0.1, -0.05) is 18.2 Å². The highest BCUT2D eigenvalue weighted by molar-refractivity contribution is 7.71. The first-order valence-electron chi connectivity index (χ1n) is 7.74. The van der Waals surface area contributed by atoms with E-state index in [1.165, 1.54) is 23.5 Å². The highest BCUT2D eigenvalue weighted by Crippen LogP contribution is 2.26. The lowest BCUT2D eigenvalue weighted by Gasteiger charge is -2.19. The van der Waals surface area contributed by atoms with Gasteiger partial charge in [0.25, 0.3) is 0 Å². The molecule has 2 atom stereocenters. The van der Waals surface area contributed by atoms with Crippen molar-refractivity contribution in [1.82, 2.24) is 20.1 Å². The van der Waals surface area contributed by atoms with E-state index in [-0.39, 0.29) is 17.8 Å². The Balaban J connectivity index is 1.82. The number of benzene rings is 1. The van der Waals surface area contributed by atoms with Crippen molar-refractivity contribution in [3.8, 4) is 10.7 Å². The zero-order chi connectivity index (χ0) is 18.0. The van der Waals surface area contributed by atoms with Crippen molar-refractivity contribution in [1.29, 1.82) is 0 Å². The van der Waals surface area contributed by atoms with E-state index in [4.69, 9.17) is 12.2 Å². The summed E-state index contributed by atoms with van der Waals surface area (Å²) in [5.74, 6) is 0.0804. The number of amides is 1. The summed E-state index contributed by atoms with van der Waals surface area (Å²) in [6, 6.07) is 9.15. The summed E-state index contributed by atoms with van der Waals surface area (Å²) in [6.07, 6.45) is 0. The molecule has 0 spiro atoms. The van der Waals surface area contributed by atoms with Crippen molar-refractivity contribution >= 4 is 29.5 Å². The molecular formula is C17H17FN4OS2. The van der Waals surface area contributed by atoms with E-state index >= 15 is 0 Å². The lowest BCUT2D eigenvalue weighted by atomic mass is 10.1. The molecule has 0 aliphatic heterocycles. The third-order valence-corrected chi connectivity index (χ3v) is 5.07. The second-order valence-electron chi connectivity index (χ2n) is 5.66. The van der Waals surface area contributed by atoms with Crippen molar-refractivity contribution in [2.75, 3.05) is 0 Å². The Bertz CT molecular complexity index is 932. The maximum Gasteiger partial charge on any atom is 0.243 e. The number of nitrogens with one attached hydrogen (secondary N) is 2. The zero-order valence-electron chi connectivity index (χ0n) is 13.7. The average molecular weight is 376 g/mol. The molecule has 1 amide bonds. The molecule has 2 heterocycles. The lowest BCUT2D eigenvalue weighted by Crippen LogP contribution is -2.33. The molecule has 0 bridgehead atoms. The molecule has 0 saturated carbocycles. The predicted molar refractivity (Wildman–Crippen MR) is 98.4 cm³/mol. The van der Waals surface area contributed by atoms with Gasteiger partial charge >= 0.3 is 0 Å². The van der Waals surface area contributed by atoms with Gasteiger partial charge in [0.15, 0.2) is 10.6 Å². The van der Waals surface area contributed by atoms with Crippen molar-refractivity contribution in [3.63, 3.8) is 0 Å². The normalized spacial score (nSPS) is 13.4. The number of nitrogens with zero attached hydrogens (tertiary/aromatic N) is 2. The van der Waals surface area contributed by atoms with Crippen molar-refractivity contribution < 1.29 is 9.18 Å². The van der Waals surface area contributed by atoms with Crippen LogP contribution >= 0.6 is 23.6 Å². The summed E-state index contributed by atoms with van der Waals surface area (Å²) in [5, 5.41) is 11.8. The van der Waals surface area contributed by atoms with E-state index in [0.29, 0.717) is 16.2 Å². The van der Waals surface area contributed by atoms with Gasteiger partial charge in [0.2, 0.25) is 5.91 Å². The van der Waals surface area contributed by atoms with Gasteiger partial charge in [-0.05, 0) is 55.2 Å². The van der Waals surface area contributed by atoms with E-state index < -0.39 is 6.04 Å². The molecule has 0 fully saturated rings. The molecule has 130 valence electrons. The molecule has 0 unspecified atom stereocenters. The van der Waals surface area contributed by atoms with E-state index in [2.05, 4.69) is 15.5 Å². The molecule has 3 aromatic rings. The topological polar surface area (TPSA) is 62.7 Å². The molecule has 2 aromatic heterocycles. The molecular weight excluding hydrogens is 359 g/mol. The van der Waals surface area contributed by atoms with Crippen LogP contribution < -0.4 is 5.32 Å². The lowest BCUT2D eigenvalue weighted by molar-refractivity contribution is -0.124. The quantitative estimate of drug-likeness (QED) is 0.655. The van der Waals surface area contributed by atoms with Gasteiger partial charge in [-0.2, -0.15) is 5.10 Å². The first kappa shape index (κ1) is 17.5. The van der Waals surface area contributed by atoms with Gasteiger partial charge in [0.1, 0.15) is 11.9 Å². The Morgan fingerprint density at radius 2 is 2.16 bits per heavy atom. The minimum absolute atomic E-state index is 0.216. The number of hydrogen-bond acceptors (Lipinski definition) is 4. The molecule has 0 radical (unpaired) electrons. The molecule has 25 heavy (non-hydrogen) atoms. The standard InChI is InChI=1S/C17H17FN4OS2/c1-10(12-5-3-6-13(18)9-12)19-16(23)11(2)22-15(20-21-17(22)24)14-7-4-8-25-14/h3-11H,1-2H3,(H,19,23)(H,21,24)/t10-,11-/m1/s1. The molecule has 1 aromatic carbocycles. The third-order valence-electron chi connectivity index (χ3n) is 3.92. The smallest absolute Gasteiger partial charge is 0.243 e. The van der Waals surface area contributed by atoms with Crippen LogP contribution in [0.5, 0.6) is 0 Å². The molecule has 5 nitrogen and oxygen atoms in total.